The number of rotatable bonds is 14. The zero-order valence-electron chi connectivity index (χ0n) is 35.6. The fourth-order valence-corrected chi connectivity index (χ4v) is 8.87. The average molecular weight is 793 g/mol. The number of fused-ring (bicyclic) bond motifs is 2. The van der Waals surface area contributed by atoms with Crippen LogP contribution in [-0.2, 0) is 32.0 Å². The highest BCUT2D eigenvalue weighted by molar-refractivity contribution is 5.94. The summed E-state index contributed by atoms with van der Waals surface area (Å²) in [6.45, 7) is 16.7. The van der Waals surface area contributed by atoms with Crippen LogP contribution < -0.4 is 22.1 Å². The Morgan fingerprint density at radius 2 is 0.983 bits per heavy atom. The largest absolute Gasteiger partial charge is 0.343 e. The van der Waals surface area contributed by atoms with Crippen molar-refractivity contribution in [3.63, 3.8) is 0 Å². The summed E-state index contributed by atoms with van der Waals surface area (Å²) in [4.78, 5) is 57.0. The number of nitrogens with zero attached hydrogens (tertiary/aromatic N) is 4. The molecule has 4 heterocycles. The van der Waals surface area contributed by atoms with E-state index in [4.69, 9.17) is 11.5 Å². The molecule has 2 aromatic carbocycles. The number of hydrogen-bond acceptors (Lipinski definition) is 6. The molecule has 2 fully saturated rings. The molecule has 0 saturated carbocycles. The molecular formula is C46H64N8O4. The summed E-state index contributed by atoms with van der Waals surface area (Å²) in [5.74, 6) is -0.874. The Morgan fingerprint density at radius 3 is 1.33 bits per heavy atom. The van der Waals surface area contributed by atoms with Crippen molar-refractivity contribution >= 4 is 56.8 Å². The van der Waals surface area contributed by atoms with E-state index in [1.165, 1.54) is 11.1 Å². The van der Waals surface area contributed by atoms with Gasteiger partial charge in [-0.15, -0.1) is 0 Å². The quantitative estimate of drug-likeness (QED) is 0.132. The third-order valence-corrected chi connectivity index (χ3v) is 12.4. The number of nitrogens with one attached hydrogen (secondary N) is 2. The lowest BCUT2D eigenvalue weighted by Gasteiger charge is -2.31. The van der Waals surface area contributed by atoms with Crippen LogP contribution in [0.4, 0.5) is 0 Å². The Bertz CT molecular complexity index is 2030. The minimum atomic E-state index is -0.691. The Kier molecular flexibility index (Phi) is 13.2. The van der Waals surface area contributed by atoms with E-state index in [0.29, 0.717) is 25.9 Å². The van der Waals surface area contributed by atoms with E-state index in [1.807, 2.05) is 37.5 Å². The SMILES string of the molecule is C/C(=C(/C)n1cc(C[C@@H]2CCCN2C(=O)[C@@H](NC(=O)[C@H](C)N)C(C)C)c2ccccc21)n1cc(C[C@@H]2CCCN2C(=O)[C@@H](NC(=O)[C@H](C)N)C(C)C)c2ccccc21. The molecule has 12 nitrogen and oxygen atoms in total. The van der Waals surface area contributed by atoms with Crippen LogP contribution >= 0.6 is 0 Å². The van der Waals surface area contributed by atoms with Crippen LogP contribution in [0.3, 0.4) is 0 Å². The summed E-state index contributed by atoms with van der Waals surface area (Å²) in [7, 11) is 0. The molecule has 2 saturated heterocycles. The molecule has 2 aliphatic rings. The molecule has 58 heavy (non-hydrogen) atoms. The molecule has 6 atom stereocenters. The monoisotopic (exact) mass is 793 g/mol. The number of nitrogens with two attached hydrogens (primary N) is 2. The molecule has 0 unspecified atom stereocenters. The summed E-state index contributed by atoms with van der Waals surface area (Å²) in [6.07, 6.45) is 9.49. The van der Waals surface area contributed by atoms with Crippen LogP contribution in [0.1, 0.15) is 92.2 Å². The number of aromatic nitrogens is 2. The highest BCUT2D eigenvalue weighted by atomic mass is 16.2. The second-order valence-corrected chi connectivity index (χ2v) is 17.4. The van der Waals surface area contributed by atoms with E-state index in [2.05, 4.69) is 94.5 Å². The predicted octanol–water partition coefficient (Wildman–Crippen LogP) is 5.50. The lowest BCUT2D eigenvalue weighted by atomic mass is 9.99. The first-order valence-electron chi connectivity index (χ1n) is 21.2. The van der Waals surface area contributed by atoms with Crippen LogP contribution in [0, 0.1) is 11.8 Å². The maximum atomic E-state index is 14.0. The third-order valence-electron chi connectivity index (χ3n) is 12.4. The summed E-state index contributed by atoms with van der Waals surface area (Å²) in [5, 5.41) is 8.13. The fourth-order valence-electron chi connectivity index (χ4n) is 8.87. The molecule has 312 valence electrons. The number of likely N-dealkylation sites (tertiary alicyclic amines) is 2. The molecule has 2 aromatic heterocycles. The van der Waals surface area contributed by atoms with Crippen molar-refractivity contribution in [2.75, 3.05) is 13.1 Å². The summed E-state index contributed by atoms with van der Waals surface area (Å²) < 4.78 is 4.55. The van der Waals surface area contributed by atoms with Gasteiger partial charge in [-0.1, -0.05) is 64.1 Å². The van der Waals surface area contributed by atoms with E-state index < -0.39 is 24.2 Å². The van der Waals surface area contributed by atoms with E-state index in [1.54, 1.807) is 13.8 Å². The second kappa shape index (κ2) is 17.9. The number of amides is 4. The van der Waals surface area contributed by atoms with Gasteiger partial charge in [0.25, 0.3) is 0 Å². The van der Waals surface area contributed by atoms with Gasteiger partial charge in [0.1, 0.15) is 12.1 Å². The number of benzene rings is 2. The first kappa shape index (κ1) is 42.7. The number of para-hydroxylation sites is 2. The van der Waals surface area contributed by atoms with Crippen LogP contribution in [0.25, 0.3) is 33.2 Å². The van der Waals surface area contributed by atoms with E-state index >= 15 is 0 Å². The molecule has 4 aromatic rings. The third kappa shape index (κ3) is 8.73. The molecule has 0 radical (unpaired) electrons. The Morgan fingerprint density at radius 1 is 0.621 bits per heavy atom. The smallest absolute Gasteiger partial charge is 0.245 e. The van der Waals surface area contributed by atoms with Gasteiger partial charge in [0.05, 0.1) is 23.1 Å². The lowest BCUT2D eigenvalue weighted by Crippen LogP contribution is -2.55. The molecule has 6 N–H and O–H groups in total. The van der Waals surface area contributed by atoms with Crippen molar-refractivity contribution < 1.29 is 19.2 Å². The van der Waals surface area contributed by atoms with Gasteiger partial charge in [0.2, 0.25) is 23.6 Å². The first-order valence-corrected chi connectivity index (χ1v) is 21.2. The van der Waals surface area contributed by atoms with Gasteiger partial charge in [0, 0.05) is 59.7 Å². The van der Waals surface area contributed by atoms with Gasteiger partial charge in [0.15, 0.2) is 0 Å². The highest BCUT2D eigenvalue weighted by Crippen LogP contribution is 2.34. The van der Waals surface area contributed by atoms with Crippen molar-refractivity contribution in [1.29, 1.82) is 0 Å². The van der Waals surface area contributed by atoms with Crippen LogP contribution in [0.2, 0.25) is 0 Å². The highest BCUT2D eigenvalue weighted by Gasteiger charge is 2.37. The summed E-state index contributed by atoms with van der Waals surface area (Å²) in [5.41, 5.74) is 18.4. The van der Waals surface area contributed by atoms with Gasteiger partial charge in [-0.3, -0.25) is 19.2 Å². The number of carbonyl (C=O) groups excluding carboxylic acids is 4. The van der Waals surface area contributed by atoms with E-state index in [-0.39, 0.29) is 47.5 Å². The molecule has 12 heteroatoms. The molecule has 0 aliphatic carbocycles. The van der Waals surface area contributed by atoms with Gasteiger partial charge in [-0.25, -0.2) is 0 Å². The van der Waals surface area contributed by atoms with Crippen LogP contribution in [-0.4, -0.2) is 91.9 Å². The predicted molar refractivity (Wildman–Crippen MR) is 232 cm³/mol. The fraction of sp³-hybridized carbons (Fsp3) is 0.522. The maximum Gasteiger partial charge on any atom is 0.245 e. The minimum absolute atomic E-state index is 0.0138. The van der Waals surface area contributed by atoms with Gasteiger partial charge >= 0.3 is 0 Å². The summed E-state index contributed by atoms with van der Waals surface area (Å²) in [6, 6.07) is 14.3. The average Bonchev–Trinajstić information content (AvgIpc) is 4.01. The topological polar surface area (TPSA) is 161 Å². The molecular weight excluding hydrogens is 729 g/mol. The van der Waals surface area contributed by atoms with Crippen molar-refractivity contribution in [3.05, 3.63) is 72.1 Å². The van der Waals surface area contributed by atoms with Crippen molar-refractivity contribution in [2.45, 2.75) is 130 Å². The Labute approximate surface area is 343 Å². The lowest BCUT2D eigenvalue weighted by molar-refractivity contribution is -0.138. The van der Waals surface area contributed by atoms with E-state index in [0.717, 1.165) is 58.9 Å². The summed E-state index contributed by atoms with van der Waals surface area (Å²) >= 11 is 0. The van der Waals surface area contributed by atoms with Crippen molar-refractivity contribution in [2.24, 2.45) is 23.3 Å². The molecule has 2 aliphatic heterocycles. The maximum absolute atomic E-state index is 14.0. The molecule has 0 bridgehead atoms. The molecule has 6 rings (SSSR count). The number of allylic oxidation sites excluding steroid dienone is 2. The zero-order chi connectivity index (χ0) is 42.0. The van der Waals surface area contributed by atoms with E-state index in [9.17, 15) is 19.2 Å². The zero-order valence-corrected chi connectivity index (χ0v) is 35.6. The minimum Gasteiger partial charge on any atom is -0.343 e. The first-order chi connectivity index (χ1) is 27.6. The number of hydrogen-bond donors (Lipinski definition) is 4. The standard InChI is InChI=1S/C46H64N8O4/c1-27(2)41(49-43(55)29(5)47)45(57)51-21-13-15-35(51)23-33-25-53(39-19-11-9-17-37(33)39)31(7)32(8)54-26-34(38-18-10-12-20-40(38)54)24-36-16-14-22-52(36)46(58)42(28(3)4)50-44(56)30(6)48/h9-12,17-20,25-30,35-36,41-42H,13-16,21-24,47-48H2,1-8H3,(H,49,55)(H,50,56)/b32-31+/t29-,30-,35-,36-,41-,42-/m0/s1. The van der Waals surface area contributed by atoms with Crippen molar-refractivity contribution in [1.82, 2.24) is 29.6 Å². The second-order valence-electron chi connectivity index (χ2n) is 17.4. The van der Waals surface area contributed by atoms with Crippen molar-refractivity contribution in [3.8, 4) is 0 Å². The van der Waals surface area contributed by atoms with Gasteiger partial charge in [-0.2, -0.15) is 0 Å². The van der Waals surface area contributed by atoms with Crippen LogP contribution in [0.5, 0.6) is 0 Å². The number of carbonyl (C=O) groups is 4. The Hall–Kier alpha value is -4.94. The normalized spacial score (nSPS) is 19.8. The molecule has 4 amide bonds. The van der Waals surface area contributed by atoms with Gasteiger partial charge < -0.3 is 41.0 Å². The molecule has 0 spiro atoms. The Balaban J connectivity index is 1.29. The van der Waals surface area contributed by atoms with Crippen LogP contribution in [0.15, 0.2) is 60.9 Å². The van der Waals surface area contributed by atoms with Gasteiger partial charge in [-0.05, 0) is 101 Å².